The van der Waals surface area contributed by atoms with Crippen LogP contribution in [0, 0.1) is 6.92 Å². The van der Waals surface area contributed by atoms with Crippen LogP contribution in [0.5, 0.6) is 0 Å². The fraction of sp³-hybridized carbons (Fsp3) is 0.600. The zero-order chi connectivity index (χ0) is 25.2. The van der Waals surface area contributed by atoms with Crippen LogP contribution < -0.4 is 5.32 Å². The Labute approximate surface area is 192 Å². The Morgan fingerprint density at radius 1 is 1.09 bits per heavy atom. The molecule has 0 atom stereocenters. The Kier molecular flexibility index (Phi) is 11.2. The number of halogens is 3. The number of piperazine rings is 1. The standard InChI is InChI=1S/C18H30N4O3S.C2HF3O2/c1-16-6-4-5-7-17(16)26(24,25)22(15-14-20(2)3)11-8-18(23)21-12-9-19-10-13-21;3-2(4,5)1(6)7/h4-7,19H,8-15H2,1-3H3;(H,6,7). The zero-order valence-electron chi connectivity index (χ0n) is 18.9. The average molecular weight is 497 g/mol. The van der Waals surface area contributed by atoms with Crippen molar-refractivity contribution in [3.05, 3.63) is 29.8 Å². The van der Waals surface area contributed by atoms with Crippen molar-refractivity contribution in [2.24, 2.45) is 0 Å². The molecule has 1 amide bonds. The number of nitrogens with zero attached hydrogens (tertiary/aromatic N) is 3. The predicted octanol–water partition coefficient (Wildman–Crippen LogP) is 1.00. The summed E-state index contributed by atoms with van der Waals surface area (Å²) in [6, 6.07) is 6.98. The second kappa shape index (κ2) is 12.9. The Bertz CT molecular complexity index is 888. The molecule has 1 aliphatic heterocycles. The first-order valence-corrected chi connectivity index (χ1v) is 11.7. The lowest BCUT2D eigenvalue weighted by Gasteiger charge is -2.29. The summed E-state index contributed by atoms with van der Waals surface area (Å²) in [6.45, 7) is 5.90. The molecule has 2 rings (SSSR count). The maximum atomic E-state index is 13.1. The number of aryl methyl sites for hydroxylation is 1. The van der Waals surface area contributed by atoms with Gasteiger partial charge in [-0.25, -0.2) is 13.2 Å². The van der Waals surface area contributed by atoms with Gasteiger partial charge in [0, 0.05) is 52.2 Å². The van der Waals surface area contributed by atoms with Crippen LogP contribution in [0.4, 0.5) is 13.2 Å². The van der Waals surface area contributed by atoms with E-state index in [-0.39, 0.29) is 18.9 Å². The van der Waals surface area contributed by atoms with Gasteiger partial charge in [0.15, 0.2) is 0 Å². The summed E-state index contributed by atoms with van der Waals surface area (Å²) < 4.78 is 59.4. The molecule has 0 spiro atoms. The Balaban J connectivity index is 0.000000675. The third-order valence-electron chi connectivity index (χ3n) is 4.80. The molecule has 13 heteroatoms. The van der Waals surface area contributed by atoms with E-state index in [9.17, 15) is 26.4 Å². The van der Waals surface area contributed by atoms with Crippen molar-refractivity contribution in [1.29, 1.82) is 0 Å². The SMILES string of the molecule is Cc1ccccc1S(=O)(=O)N(CCC(=O)N1CCNCC1)CCN(C)C.O=C(O)C(F)(F)F. The van der Waals surface area contributed by atoms with Crippen molar-refractivity contribution in [1.82, 2.24) is 19.4 Å². The number of hydrogen-bond donors (Lipinski definition) is 2. The molecule has 1 saturated heterocycles. The van der Waals surface area contributed by atoms with Gasteiger partial charge in [-0.05, 0) is 32.6 Å². The number of carbonyl (C=O) groups excluding carboxylic acids is 1. The number of carbonyl (C=O) groups is 2. The molecule has 1 fully saturated rings. The molecule has 0 radical (unpaired) electrons. The van der Waals surface area contributed by atoms with E-state index >= 15 is 0 Å². The first-order valence-electron chi connectivity index (χ1n) is 10.3. The third-order valence-corrected chi connectivity index (χ3v) is 6.85. The highest BCUT2D eigenvalue weighted by Crippen LogP contribution is 2.20. The molecule has 0 saturated carbocycles. The van der Waals surface area contributed by atoms with Crippen LogP contribution in [-0.4, -0.2) is 106 Å². The molecule has 188 valence electrons. The van der Waals surface area contributed by atoms with Gasteiger partial charge in [-0.15, -0.1) is 0 Å². The molecule has 1 aromatic rings. The number of benzene rings is 1. The van der Waals surface area contributed by atoms with Crippen LogP contribution in [-0.2, 0) is 19.6 Å². The Hall–Kier alpha value is -2.22. The normalized spacial score (nSPS) is 14.7. The molecule has 1 aromatic carbocycles. The molecule has 0 unspecified atom stereocenters. The number of alkyl halides is 3. The number of rotatable bonds is 8. The smallest absolute Gasteiger partial charge is 0.475 e. The molecule has 2 N–H and O–H groups in total. The minimum absolute atomic E-state index is 0.0151. The summed E-state index contributed by atoms with van der Waals surface area (Å²) >= 11 is 0. The van der Waals surface area contributed by atoms with E-state index in [1.54, 1.807) is 30.0 Å². The molecule has 1 heterocycles. The molecule has 33 heavy (non-hydrogen) atoms. The van der Waals surface area contributed by atoms with Gasteiger partial charge >= 0.3 is 12.1 Å². The number of aliphatic carboxylic acids is 1. The third kappa shape index (κ3) is 9.66. The largest absolute Gasteiger partial charge is 0.490 e. The fourth-order valence-corrected chi connectivity index (χ4v) is 4.60. The quantitative estimate of drug-likeness (QED) is 0.553. The van der Waals surface area contributed by atoms with E-state index in [4.69, 9.17) is 9.90 Å². The number of sulfonamides is 1. The molecular formula is C20H31F3N4O5S. The van der Waals surface area contributed by atoms with Crippen molar-refractivity contribution in [3.8, 4) is 0 Å². The van der Waals surface area contributed by atoms with E-state index in [0.29, 0.717) is 31.1 Å². The number of carboxylic acid groups (broad SMARTS) is 1. The summed E-state index contributed by atoms with van der Waals surface area (Å²) in [4.78, 5) is 25.4. The maximum absolute atomic E-state index is 13.1. The number of amides is 1. The number of hydrogen-bond acceptors (Lipinski definition) is 6. The van der Waals surface area contributed by atoms with Gasteiger partial charge in [0.1, 0.15) is 0 Å². The highest BCUT2D eigenvalue weighted by Gasteiger charge is 2.38. The zero-order valence-corrected chi connectivity index (χ0v) is 19.7. The fourth-order valence-electron chi connectivity index (χ4n) is 2.94. The van der Waals surface area contributed by atoms with E-state index in [1.807, 2.05) is 25.1 Å². The molecule has 0 aliphatic carbocycles. The van der Waals surface area contributed by atoms with Crippen molar-refractivity contribution in [2.45, 2.75) is 24.4 Å². The monoisotopic (exact) mass is 496 g/mol. The summed E-state index contributed by atoms with van der Waals surface area (Å²) in [5.74, 6) is -2.74. The first kappa shape index (κ1) is 28.8. The van der Waals surface area contributed by atoms with Gasteiger partial charge in [0.2, 0.25) is 15.9 Å². The Morgan fingerprint density at radius 2 is 1.64 bits per heavy atom. The van der Waals surface area contributed by atoms with E-state index < -0.39 is 22.2 Å². The molecule has 1 aliphatic rings. The maximum Gasteiger partial charge on any atom is 0.490 e. The molecule has 0 aromatic heterocycles. The van der Waals surface area contributed by atoms with Gasteiger partial charge in [0.25, 0.3) is 0 Å². The minimum Gasteiger partial charge on any atom is -0.475 e. The lowest BCUT2D eigenvalue weighted by atomic mass is 10.2. The van der Waals surface area contributed by atoms with Crippen LogP contribution in [0.15, 0.2) is 29.2 Å². The number of likely N-dealkylation sites (N-methyl/N-ethyl adjacent to an activating group) is 1. The number of nitrogens with one attached hydrogen (secondary N) is 1. The van der Waals surface area contributed by atoms with E-state index in [1.165, 1.54) is 4.31 Å². The summed E-state index contributed by atoms with van der Waals surface area (Å²) in [5, 5.41) is 10.3. The van der Waals surface area contributed by atoms with Crippen molar-refractivity contribution < 1.29 is 36.3 Å². The lowest BCUT2D eigenvalue weighted by Crippen LogP contribution is -2.47. The van der Waals surface area contributed by atoms with E-state index in [0.717, 1.165) is 18.7 Å². The molecular weight excluding hydrogens is 465 g/mol. The summed E-state index contributed by atoms with van der Waals surface area (Å²) in [6.07, 6.45) is -4.88. The summed E-state index contributed by atoms with van der Waals surface area (Å²) in [7, 11) is 0.184. The Morgan fingerprint density at radius 3 is 2.12 bits per heavy atom. The average Bonchev–Trinajstić information content (AvgIpc) is 2.73. The lowest BCUT2D eigenvalue weighted by molar-refractivity contribution is -0.192. The topological polar surface area (TPSA) is 110 Å². The number of carboxylic acids is 1. The van der Waals surface area contributed by atoms with Crippen LogP contribution in [0.3, 0.4) is 0 Å². The first-order chi connectivity index (χ1) is 15.3. The van der Waals surface area contributed by atoms with Gasteiger partial charge in [-0.3, -0.25) is 4.79 Å². The van der Waals surface area contributed by atoms with Crippen molar-refractivity contribution in [3.63, 3.8) is 0 Å². The highest BCUT2D eigenvalue weighted by atomic mass is 32.2. The van der Waals surface area contributed by atoms with Crippen LogP contribution in [0.2, 0.25) is 0 Å². The summed E-state index contributed by atoms with van der Waals surface area (Å²) in [5.41, 5.74) is 0.718. The minimum atomic E-state index is -5.08. The molecule has 0 bridgehead atoms. The molecule has 9 nitrogen and oxygen atoms in total. The van der Waals surface area contributed by atoms with Gasteiger partial charge < -0.3 is 20.2 Å². The van der Waals surface area contributed by atoms with Crippen LogP contribution in [0.25, 0.3) is 0 Å². The van der Waals surface area contributed by atoms with Gasteiger partial charge in [0.05, 0.1) is 4.90 Å². The van der Waals surface area contributed by atoms with Crippen molar-refractivity contribution >= 4 is 21.9 Å². The second-order valence-electron chi connectivity index (χ2n) is 7.66. The predicted molar refractivity (Wildman–Crippen MR) is 116 cm³/mol. The van der Waals surface area contributed by atoms with Crippen LogP contribution in [0.1, 0.15) is 12.0 Å². The van der Waals surface area contributed by atoms with Gasteiger partial charge in [-0.2, -0.15) is 17.5 Å². The highest BCUT2D eigenvalue weighted by molar-refractivity contribution is 7.89. The van der Waals surface area contributed by atoms with E-state index in [2.05, 4.69) is 5.32 Å². The second-order valence-corrected chi connectivity index (χ2v) is 9.56. The van der Waals surface area contributed by atoms with Crippen molar-refractivity contribution in [2.75, 3.05) is 59.9 Å². The van der Waals surface area contributed by atoms with Crippen LogP contribution >= 0.6 is 0 Å². The van der Waals surface area contributed by atoms with Gasteiger partial charge in [-0.1, -0.05) is 18.2 Å².